The lowest BCUT2D eigenvalue weighted by Gasteiger charge is -2.13. The van der Waals surface area contributed by atoms with Crippen molar-refractivity contribution in [1.82, 2.24) is 5.43 Å². The zero-order chi connectivity index (χ0) is 25.9. The summed E-state index contributed by atoms with van der Waals surface area (Å²) in [4.78, 5) is 24.4. The van der Waals surface area contributed by atoms with Gasteiger partial charge in [0.05, 0.1) is 19.4 Å². The highest BCUT2D eigenvalue weighted by molar-refractivity contribution is 5.92. The standard InChI is InChI=1S/C28H32N4O4/c1-5-35-26-15-22(16-30-32-27(33)17-29-24-12-8-20(3)21(4)14-24)9-13-25(26)36-18-28(34)31-23-10-6-19(2)7-11-23/h6-16,29H,5,17-18H2,1-4H3,(H,31,34)(H,32,33)/b30-16-. The second-order valence-corrected chi connectivity index (χ2v) is 8.29. The number of hydrogen-bond donors (Lipinski definition) is 3. The van der Waals surface area contributed by atoms with E-state index in [0.717, 1.165) is 16.8 Å². The van der Waals surface area contributed by atoms with Crippen LogP contribution in [0.4, 0.5) is 11.4 Å². The molecule has 3 N–H and O–H groups in total. The van der Waals surface area contributed by atoms with Gasteiger partial charge in [-0.2, -0.15) is 5.10 Å². The molecule has 0 saturated carbocycles. The Labute approximate surface area is 211 Å². The minimum Gasteiger partial charge on any atom is -0.490 e. The van der Waals surface area contributed by atoms with Crippen molar-refractivity contribution in [2.24, 2.45) is 5.10 Å². The zero-order valence-corrected chi connectivity index (χ0v) is 21.1. The van der Waals surface area contributed by atoms with Gasteiger partial charge < -0.3 is 20.1 Å². The van der Waals surface area contributed by atoms with Crippen molar-refractivity contribution in [3.63, 3.8) is 0 Å². The fourth-order valence-electron chi connectivity index (χ4n) is 3.22. The van der Waals surface area contributed by atoms with E-state index in [9.17, 15) is 9.59 Å². The van der Waals surface area contributed by atoms with E-state index in [2.05, 4.69) is 21.2 Å². The first-order valence-corrected chi connectivity index (χ1v) is 11.7. The maximum Gasteiger partial charge on any atom is 0.262 e. The summed E-state index contributed by atoms with van der Waals surface area (Å²) in [5.74, 6) is 0.375. The third-order valence-corrected chi connectivity index (χ3v) is 5.32. The Bertz CT molecular complexity index is 1220. The first-order valence-electron chi connectivity index (χ1n) is 11.7. The molecule has 0 heterocycles. The quantitative estimate of drug-likeness (QED) is 0.271. The molecule has 0 aliphatic rings. The summed E-state index contributed by atoms with van der Waals surface area (Å²) in [7, 11) is 0. The summed E-state index contributed by atoms with van der Waals surface area (Å²) >= 11 is 0. The summed E-state index contributed by atoms with van der Waals surface area (Å²) in [6.07, 6.45) is 1.52. The van der Waals surface area contributed by atoms with Gasteiger partial charge >= 0.3 is 0 Å². The third kappa shape index (κ3) is 8.16. The summed E-state index contributed by atoms with van der Waals surface area (Å²) in [6.45, 7) is 8.27. The fraction of sp³-hybridized carbons (Fsp3) is 0.250. The summed E-state index contributed by atoms with van der Waals surface area (Å²) in [6, 6.07) is 18.7. The molecule has 0 aromatic heterocycles. The molecule has 3 aromatic rings. The highest BCUT2D eigenvalue weighted by Gasteiger charge is 2.10. The number of hydrazone groups is 1. The summed E-state index contributed by atoms with van der Waals surface area (Å²) in [5.41, 5.74) is 8.26. The van der Waals surface area contributed by atoms with Gasteiger partial charge in [0, 0.05) is 11.4 Å². The first-order chi connectivity index (χ1) is 17.3. The molecular weight excluding hydrogens is 456 g/mol. The Morgan fingerprint density at radius 1 is 0.833 bits per heavy atom. The van der Waals surface area contributed by atoms with E-state index >= 15 is 0 Å². The largest absolute Gasteiger partial charge is 0.490 e. The van der Waals surface area contributed by atoms with E-state index in [1.165, 1.54) is 11.8 Å². The molecule has 3 aromatic carbocycles. The molecule has 188 valence electrons. The molecule has 0 radical (unpaired) electrons. The highest BCUT2D eigenvalue weighted by Crippen LogP contribution is 2.28. The van der Waals surface area contributed by atoms with Gasteiger partial charge in [-0.3, -0.25) is 9.59 Å². The molecule has 3 rings (SSSR count). The van der Waals surface area contributed by atoms with Crippen molar-refractivity contribution in [3.8, 4) is 11.5 Å². The van der Waals surface area contributed by atoms with Gasteiger partial charge in [0.15, 0.2) is 18.1 Å². The summed E-state index contributed by atoms with van der Waals surface area (Å²) < 4.78 is 11.3. The number of ether oxygens (including phenoxy) is 2. The molecule has 0 aliphatic carbocycles. The van der Waals surface area contributed by atoms with E-state index in [0.29, 0.717) is 29.4 Å². The number of hydrogen-bond acceptors (Lipinski definition) is 6. The topological polar surface area (TPSA) is 101 Å². The van der Waals surface area contributed by atoms with Crippen molar-refractivity contribution >= 4 is 29.4 Å². The average Bonchev–Trinajstić information content (AvgIpc) is 2.86. The van der Waals surface area contributed by atoms with Crippen LogP contribution >= 0.6 is 0 Å². The van der Waals surface area contributed by atoms with Gasteiger partial charge in [-0.25, -0.2) is 5.43 Å². The lowest BCUT2D eigenvalue weighted by molar-refractivity contribution is -0.119. The zero-order valence-electron chi connectivity index (χ0n) is 21.1. The van der Waals surface area contributed by atoms with Gasteiger partial charge in [-0.05, 0) is 86.8 Å². The van der Waals surface area contributed by atoms with Gasteiger partial charge in [0.2, 0.25) is 0 Å². The molecule has 0 aliphatic heterocycles. The van der Waals surface area contributed by atoms with Gasteiger partial charge in [-0.15, -0.1) is 0 Å². The Morgan fingerprint density at radius 2 is 1.58 bits per heavy atom. The van der Waals surface area contributed by atoms with Crippen molar-refractivity contribution in [1.29, 1.82) is 0 Å². The lowest BCUT2D eigenvalue weighted by Crippen LogP contribution is -2.25. The number of amides is 2. The number of benzene rings is 3. The van der Waals surface area contributed by atoms with Crippen LogP contribution in [-0.2, 0) is 9.59 Å². The molecule has 0 saturated heterocycles. The van der Waals surface area contributed by atoms with Crippen molar-refractivity contribution in [2.45, 2.75) is 27.7 Å². The molecule has 0 bridgehead atoms. The molecule has 36 heavy (non-hydrogen) atoms. The number of carbonyl (C=O) groups excluding carboxylic acids is 2. The maximum absolute atomic E-state index is 12.2. The number of rotatable bonds is 11. The van der Waals surface area contributed by atoms with Gasteiger partial charge in [0.1, 0.15) is 0 Å². The van der Waals surface area contributed by atoms with Crippen molar-refractivity contribution in [2.75, 3.05) is 30.4 Å². The third-order valence-electron chi connectivity index (χ3n) is 5.32. The SMILES string of the molecule is CCOc1cc(/C=N\NC(=O)CNc2ccc(C)c(C)c2)ccc1OCC(=O)Nc1ccc(C)cc1. The smallest absolute Gasteiger partial charge is 0.262 e. The second kappa shape index (κ2) is 12.9. The summed E-state index contributed by atoms with van der Waals surface area (Å²) in [5, 5.41) is 9.89. The fourth-order valence-corrected chi connectivity index (χ4v) is 3.22. The van der Waals surface area contributed by atoms with E-state index in [-0.39, 0.29) is 25.0 Å². The van der Waals surface area contributed by atoms with E-state index in [4.69, 9.17) is 9.47 Å². The van der Waals surface area contributed by atoms with Crippen LogP contribution in [0.2, 0.25) is 0 Å². The first kappa shape index (κ1) is 26.3. The molecule has 0 atom stereocenters. The number of nitrogens with one attached hydrogen (secondary N) is 3. The van der Waals surface area contributed by atoms with Crippen LogP contribution in [0.1, 0.15) is 29.2 Å². The van der Waals surface area contributed by atoms with Crippen LogP contribution in [0.5, 0.6) is 11.5 Å². The Morgan fingerprint density at radius 3 is 2.31 bits per heavy atom. The van der Waals surface area contributed by atoms with Gasteiger partial charge in [0.25, 0.3) is 11.8 Å². The van der Waals surface area contributed by atoms with Crippen LogP contribution in [0, 0.1) is 20.8 Å². The van der Waals surface area contributed by atoms with Crippen LogP contribution in [-0.4, -0.2) is 37.8 Å². The van der Waals surface area contributed by atoms with Crippen LogP contribution < -0.4 is 25.5 Å². The average molecular weight is 489 g/mol. The minimum absolute atomic E-state index is 0.0987. The van der Waals surface area contributed by atoms with E-state index < -0.39 is 0 Å². The molecule has 2 amide bonds. The number of anilines is 2. The Kier molecular flexibility index (Phi) is 9.45. The van der Waals surface area contributed by atoms with Crippen LogP contribution in [0.3, 0.4) is 0 Å². The molecule has 0 unspecified atom stereocenters. The van der Waals surface area contributed by atoms with Crippen LogP contribution in [0.15, 0.2) is 65.8 Å². The molecule has 0 spiro atoms. The van der Waals surface area contributed by atoms with Gasteiger partial charge in [-0.1, -0.05) is 23.8 Å². The predicted molar refractivity (Wildman–Crippen MR) is 143 cm³/mol. The Balaban J connectivity index is 1.51. The predicted octanol–water partition coefficient (Wildman–Crippen LogP) is 4.59. The van der Waals surface area contributed by atoms with Crippen molar-refractivity contribution in [3.05, 3.63) is 82.9 Å². The normalized spacial score (nSPS) is 10.7. The van der Waals surface area contributed by atoms with E-state index in [1.807, 2.05) is 70.2 Å². The number of nitrogens with zero attached hydrogens (tertiary/aromatic N) is 1. The highest BCUT2D eigenvalue weighted by atomic mass is 16.5. The Hall–Kier alpha value is -4.33. The molecule has 0 fully saturated rings. The number of aryl methyl sites for hydroxylation is 3. The molecule has 8 heteroatoms. The van der Waals surface area contributed by atoms with Crippen molar-refractivity contribution < 1.29 is 19.1 Å². The van der Waals surface area contributed by atoms with E-state index in [1.54, 1.807) is 18.2 Å². The molecule has 8 nitrogen and oxygen atoms in total. The minimum atomic E-state index is -0.274. The second-order valence-electron chi connectivity index (χ2n) is 8.29. The molecular formula is C28H32N4O4. The number of carbonyl (C=O) groups is 2. The maximum atomic E-state index is 12.2. The lowest BCUT2D eigenvalue weighted by atomic mass is 10.1. The monoisotopic (exact) mass is 488 g/mol. The van der Waals surface area contributed by atoms with Crippen LogP contribution in [0.25, 0.3) is 0 Å².